The average Bonchev–Trinajstić information content (AvgIpc) is 3.30. The summed E-state index contributed by atoms with van der Waals surface area (Å²) in [6.07, 6.45) is 12.4. The number of piperidine rings is 2. The summed E-state index contributed by atoms with van der Waals surface area (Å²) in [4.78, 5) is 17.9. The van der Waals surface area contributed by atoms with Gasteiger partial charge in [0.05, 0.1) is 21.6 Å². The molecule has 1 unspecified atom stereocenters. The van der Waals surface area contributed by atoms with Gasteiger partial charge in [0.2, 0.25) is 0 Å². The highest BCUT2D eigenvalue weighted by molar-refractivity contribution is 7.15. The molecule has 0 saturated carbocycles. The van der Waals surface area contributed by atoms with Gasteiger partial charge in [-0.15, -0.1) is 11.3 Å². The van der Waals surface area contributed by atoms with E-state index < -0.39 is 0 Å². The number of pyridine rings is 1. The molecule has 3 aliphatic rings. The predicted molar refractivity (Wildman–Crippen MR) is 142 cm³/mol. The lowest BCUT2D eigenvalue weighted by molar-refractivity contribution is 0.266. The molecule has 0 bridgehead atoms. The minimum Gasteiger partial charge on any atom is -0.401 e. The summed E-state index contributed by atoms with van der Waals surface area (Å²) < 4.78 is 0. The van der Waals surface area contributed by atoms with Gasteiger partial charge in [0.25, 0.3) is 0 Å². The van der Waals surface area contributed by atoms with Crippen molar-refractivity contribution in [2.45, 2.75) is 51.5 Å². The Morgan fingerprint density at radius 3 is 2.82 bits per heavy atom. The van der Waals surface area contributed by atoms with E-state index in [1.165, 1.54) is 22.4 Å². The second-order valence-corrected chi connectivity index (χ2v) is 10.8. The van der Waals surface area contributed by atoms with Gasteiger partial charge < -0.3 is 16.0 Å². The molecule has 2 aromatic rings. The number of aryl methyl sites for hydroxylation is 1. The van der Waals surface area contributed by atoms with Crippen molar-refractivity contribution in [3.63, 3.8) is 0 Å². The van der Waals surface area contributed by atoms with Crippen molar-refractivity contribution in [3.8, 4) is 10.6 Å². The van der Waals surface area contributed by atoms with Crippen LogP contribution in [0.2, 0.25) is 0 Å². The van der Waals surface area contributed by atoms with Crippen LogP contribution in [0.1, 0.15) is 54.7 Å². The molecular weight excluding hydrogens is 440 g/mol. The third kappa shape index (κ3) is 4.72. The lowest BCUT2D eigenvalue weighted by Crippen LogP contribution is -2.37. The second-order valence-electron chi connectivity index (χ2n) is 9.52. The Kier molecular flexibility index (Phi) is 6.66. The molecule has 2 aromatic heterocycles. The van der Waals surface area contributed by atoms with Crippen molar-refractivity contribution >= 4 is 23.1 Å². The van der Waals surface area contributed by atoms with E-state index in [0.717, 1.165) is 78.8 Å². The molecule has 1 aliphatic carbocycles. The maximum Gasteiger partial charge on any atom is 0.0901 e. The van der Waals surface area contributed by atoms with Crippen molar-refractivity contribution in [2.24, 2.45) is 10.7 Å². The number of hydrogen-bond donors (Lipinski definition) is 2. The normalized spacial score (nSPS) is 23.8. The third-order valence-corrected chi connectivity index (χ3v) is 8.08. The van der Waals surface area contributed by atoms with Crippen molar-refractivity contribution in [1.82, 2.24) is 20.2 Å². The number of rotatable bonds is 4. The number of allylic oxidation sites excluding steroid dienone is 3. The van der Waals surface area contributed by atoms with E-state index in [4.69, 9.17) is 15.7 Å². The van der Waals surface area contributed by atoms with Crippen LogP contribution in [-0.4, -0.2) is 52.8 Å². The van der Waals surface area contributed by atoms with Gasteiger partial charge >= 0.3 is 0 Å². The minimum atomic E-state index is 0.134. The molecule has 2 saturated heterocycles. The van der Waals surface area contributed by atoms with E-state index in [2.05, 4.69) is 46.9 Å². The molecule has 0 spiro atoms. The fourth-order valence-corrected chi connectivity index (χ4v) is 5.92. The minimum absolute atomic E-state index is 0.134. The second kappa shape index (κ2) is 9.84. The van der Waals surface area contributed by atoms with E-state index in [0.29, 0.717) is 6.04 Å². The Hall–Kier alpha value is -2.77. The Morgan fingerprint density at radius 2 is 2.09 bits per heavy atom. The van der Waals surface area contributed by atoms with Crippen molar-refractivity contribution in [1.29, 1.82) is 0 Å². The Morgan fingerprint density at radius 1 is 1.26 bits per heavy atom. The monoisotopic (exact) mass is 474 g/mol. The molecule has 5 rings (SSSR count). The van der Waals surface area contributed by atoms with Crippen LogP contribution >= 0.6 is 11.3 Å². The number of nitrogens with one attached hydrogen (secondary N) is 1. The number of thiazole rings is 1. The van der Waals surface area contributed by atoms with Gasteiger partial charge in [-0.3, -0.25) is 9.98 Å². The Labute approximate surface area is 206 Å². The highest BCUT2D eigenvalue weighted by atomic mass is 32.1. The molecule has 0 aromatic carbocycles. The van der Waals surface area contributed by atoms with Gasteiger partial charge in [0, 0.05) is 73.6 Å². The Bertz CT molecular complexity index is 1170. The van der Waals surface area contributed by atoms with Crippen molar-refractivity contribution < 1.29 is 0 Å². The molecule has 178 valence electrons. The fourth-order valence-electron chi connectivity index (χ4n) is 5.18. The molecule has 4 heterocycles. The highest BCUT2D eigenvalue weighted by Crippen LogP contribution is 2.37. The smallest absolute Gasteiger partial charge is 0.0901 e. The number of aliphatic imine (C=N–C) groups is 1. The average molecular weight is 475 g/mol. The number of likely N-dealkylation sites (tertiary alicyclic amines) is 1. The molecule has 7 heteroatoms. The highest BCUT2D eigenvalue weighted by Gasteiger charge is 2.27. The van der Waals surface area contributed by atoms with Gasteiger partial charge in [-0.25, -0.2) is 4.98 Å². The molecule has 2 fully saturated rings. The molecule has 6 nitrogen and oxygen atoms in total. The van der Waals surface area contributed by atoms with Crippen LogP contribution in [0.25, 0.3) is 16.6 Å². The number of fused-ring (bicyclic) bond motifs is 1. The fraction of sp³-hybridized carbons (Fsp3) is 0.444. The van der Waals surface area contributed by atoms with Crippen LogP contribution in [0.3, 0.4) is 0 Å². The van der Waals surface area contributed by atoms with E-state index >= 15 is 0 Å². The van der Waals surface area contributed by atoms with E-state index in [9.17, 15) is 0 Å². The van der Waals surface area contributed by atoms with Crippen LogP contribution in [0.5, 0.6) is 0 Å². The summed E-state index contributed by atoms with van der Waals surface area (Å²) in [7, 11) is 0. The molecule has 1 atom stereocenters. The largest absolute Gasteiger partial charge is 0.401 e. The summed E-state index contributed by atoms with van der Waals surface area (Å²) in [5.41, 5.74) is 14.8. The maximum atomic E-state index is 6.92. The molecule has 0 amide bonds. The van der Waals surface area contributed by atoms with Gasteiger partial charge in [-0.2, -0.15) is 0 Å². The summed E-state index contributed by atoms with van der Waals surface area (Å²) in [6, 6.07) is 2.55. The van der Waals surface area contributed by atoms with Crippen molar-refractivity contribution in [3.05, 3.63) is 64.2 Å². The topological polar surface area (TPSA) is 79.4 Å². The molecule has 2 aliphatic heterocycles. The van der Waals surface area contributed by atoms with Crippen LogP contribution in [-0.2, 0) is 0 Å². The first-order valence-electron chi connectivity index (χ1n) is 12.3. The van der Waals surface area contributed by atoms with Gasteiger partial charge in [0.15, 0.2) is 0 Å². The first kappa shape index (κ1) is 23.0. The maximum absolute atomic E-state index is 6.92. The van der Waals surface area contributed by atoms with Gasteiger partial charge in [-0.1, -0.05) is 18.7 Å². The number of hydrogen-bond acceptors (Lipinski definition) is 7. The summed E-state index contributed by atoms with van der Waals surface area (Å²) in [5, 5.41) is 4.58. The number of nitrogens with two attached hydrogens (primary N) is 1. The number of nitrogens with zero attached hydrogens (tertiary/aromatic N) is 4. The van der Waals surface area contributed by atoms with Crippen LogP contribution in [0.15, 0.2) is 53.1 Å². The first-order valence-corrected chi connectivity index (χ1v) is 13.1. The summed E-state index contributed by atoms with van der Waals surface area (Å²) in [5.74, 6) is 0.134. The third-order valence-electron chi connectivity index (χ3n) is 7.14. The Balaban J connectivity index is 1.41. The zero-order valence-corrected chi connectivity index (χ0v) is 21.0. The van der Waals surface area contributed by atoms with Crippen LogP contribution < -0.4 is 11.1 Å². The van der Waals surface area contributed by atoms with Crippen LogP contribution in [0, 0.1) is 6.92 Å². The standard InChI is InChI=1S/C27H34N6S/c1-17(2)33-11-8-20(9-12-33)32-24-7-10-29-14-23(24)27(28)21-6-4-5-19-13-25(31-15-22(19)21)26-16-30-18(3)34-26/h4-5,13,15-16,20-21,29H,1,6-12,14,28H2,2-3H3. The lowest BCUT2D eigenvalue weighted by atomic mass is 9.83. The quantitative estimate of drug-likeness (QED) is 0.674. The van der Waals surface area contributed by atoms with E-state index in [-0.39, 0.29) is 5.92 Å². The summed E-state index contributed by atoms with van der Waals surface area (Å²) >= 11 is 1.68. The molecule has 34 heavy (non-hydrogen) atoms. The molecular formula is C27H34N6S. The number of aromatic nitrogens is 2. The van der Waals surface area contributed by atoms with Crippen LogP contribution in [0.4, 0.5) is 0 Å². The lowest BCUT2D eigenvalue weighted by Gasteiger charge is -2.33. The zero-order chi connectivity index (χ0) is 23.7. The zero-order valence-electron chi connectivity index (χ0n) is 20.2. The van der Waals surface area contributed by atoms with E-state index in [1.807, 2.05) is 19.3 Å². The van der Waals surface area contributed by atoms with Gasteiger partial charge in [0.1, 0.15) is 0 Å². The first-order chi connectivity index (χ1) is 16.5. The van der Waals surface area contributed by atoms with E-state index in [1.54, 1.807) is 11.3 Å². The summed E-state index contributed by atoms with van der Waals surface area (Å²) in [6.45, 7) is 12.0. The van der Waals surface area contributed by atoms with Gasteiger partial charge in [-0.05, 0) is 50.3 Å². The SMILES string of the molecule is C=C(C)N1CCC(N=C2CCNCC2=C(N)C2CC=Cc3cc(-c4cnc(C)s4)ncc32)CC1. The predicted octanol–water partition coefficient (Wildman–Crippen LogP) is 4.66. The molecule has 0 radical (unpaired) electrons. The molecule has 3 N–H and O–H groups in total. The van der Waals surface area contributed by atoms with Crippen molar-refractivity contribution in [2.75, 3.05) is 26.2 Å².